The molecule has 27 heavy (non-hydrogen) atoms. The van der Waals surface area contributed by atoms with Crippen molar-refractivity contribution < 1.29 is 14.9 Å². The first-order valence-corrected chi connectivity index (χ1v) is 9.17. The largest absolute Gasteiger partial charge is 0.497 e. The quantitative estimate of drug-likeness (QED) is 0.400. The van der Waals surface area contributed by atoms with Crippen molar-refractivity contribution in [3.8, 4) is 5.75 Å². The van der Waals surface area contributed by atoms with E-state index in [-0.39, 0.29) is 12.5 Å². The highest BCUT2D eigenvalue weighted by Crippen LogP contribution is 2.18. The Balaban J connectivity index is 1.98. The van der Waals surface area contributed by atoms with Gasteiger partial charge in [0, 0.05) is 19.0 Å². The lowest BCUT2D eigenvalue weighted by Crippen LogP contribution is -2.39. The molecule has 0 aliphatic rings. The second kappa shape index (κ2) is 11.2. The van der Waals surface area contributed by atoms with Crippen molar-refractivity contribution in [2.24, 2.45) is 4.99 Å². The SMILES string of the molecule is CCNC(=NCC(CO)c1ccccc1)NCC(O)c1cccc(OC)c1. The summed E-state index contributed by atoms with van der Waals surface area (Å²) in [7, 11) is 1.60. The molecule has 0 aromatic heterocycles. The van der Waals surface area contributed by atoms with E-state index in [1.165, 1.54) is 0 Å². The minimum absolute atomic E-state index is 0.0271. The molecule has 0 heterocycles. The molecule has 0 amide bonds. The van der Waals surface area contributed by atoms with E-state index in [9.17, 15) is 10.2 Å². The van der Waals surface area contributed by atoms with Gasteiger partial charge in [-0.2, -0.15) is 0 Å². The van der Waals surface area contributed by atoms with Crippen LogP contribution in [-0.2, 0) is 0 Å². The Bertz CT molecular complexity index is 707. The maximum Gasteiger partial charge on any atom is 0.191 e. The summed E-state index contributed by atoms with van der Waals surface area (Å²) in [4.78, 5) is 4.56. The molecule has 6 heteroatoms. The van der Waals surface area contributed by atoms with Gasteiger partial charge in [0.05, 0.1) is 26.4 Å². The van der Waals surface area contributed by atoms with Gasteiger partial charge in [0.25, 0.3) is 0 Å². The minimum atomic E-state index is -0.688. The number of guanidine groups is 1. The van der Waals surface area contributed by atoms with Crippen molar-refractivity contribution in [2.75, 3.05) is 33.4 Å². The molecule has 0 aliphatic heterocycles. The van der Waals surface area contributed by atoms with Gasteiger partial charge in [-0.1, -0.05) is 42.5 Å². The van der Waals surface area contributed by atoms with E-state index < -0.39 is 6.10 Å². The van der Waals surface area contributed by atoms with E-state index in [1.807, 2.05) is 61.5 Å². The van der Waals surface area contributed by atoms with Gasteiger partial charge in [0.1, 0.15) is 5.75 Å². The Hall–Kier alpha value is -2.57. The summed E-state index contributed by atoms with van der Waals surface area (Å²) in [6, 6.07) is 17.2. The normalized spacial score (nSPS) is 13.7. The van der Waals surface area contributed by atoms with Crippen LogP contribution in [0.3, 0.4) is 0 Å². The lowest BCUT2D eigenvalue weighted by Gasteiger charge is -2.17. The highest BCUT2D eigenvalue weighted by Gasteiger charge is 2.12. The number of methoxy groups -OCH3 is 1. The highest BCUT2D eigenvalue weighted by molar-refractivity contribution is 5.79. The van der Waals surface area contributed by atoms with Crippen molar-refractivity contribution >= 4 is 5.96 Å². The molecule has 0 radical (unpaired) electrons. The molecule has 146 valence electrons. The van der Waals surface area contributed by atoms with Crippen LogP contribution in [0, 0.1) is 0 Å². The maximum absolute atomic E-state index is 10.4. The van der Waals surface area contributed by atoms with Gasteiger partial charge in [-0.3, -0.25) is 4.99 Å². The highest BCUT2D eigenvalue weighted by atomic mass is 16.5. The zero-order valence-electron chi connectivity index (χ0n) is 15.9. The lowest BCUT2D eigenvalue weighted by molar-refractivity contribution is 0.180. The summed E-state index contributed by atoms with van der Waals surface area (Å²) < 4.78 is 5.20. The Kier molecular flexibility index (Phi) is 8.61. The topological polar surface area (TPSA) is 86.1 Å². The monoisotopic (exact) mass is 371 g/mol. The summed E-state index contributed by atoms with van der Waals surface area (Å²) in [6.07, 6.45) is -0.688. The molecule has 2 rings (SSSR count). The molecule has 6 nitrogen and oxygen atoms in total. The second-order valence-electron chi connectivity index (χ2n) is 6.18. The first-order chi connectivity index (χ1) is 13.2. The molecule has 4 N–H and O–H groups in total. The molecule has 2 unspecified atom stereocenters. The van der Waals surface area contributed by atoms with Gasteiger partial charge < -0.3 is 25.6 Å². The summed E-state index contributed by atoms with van der Waals surface area (Å²) in [5, 5.41) is 26.4. The van der Waals surface area contributed by atoms with Gasteiger partial charge >= 0.3 is 0 Å². The van der Waals surface area contributed by atoms with E-state index >= 15 is 0 Å². The Morgan fingerprint density at radius 3 is 2.48 bits per heavy atom. The van der Waals surface area contributed by atoms with E-state index in [0.717, 1.165) is 11.1 Å². The standard InChI is InChI=1S/C21H29N3O3/c1-3-22-21(23-13-18(15-25)16-8-5-4-6-9-16)24-14-20(26)17-10-7-11-19(12-17)27-2/h4-12,18,20,25-26H,3,13-15H2,1-2H3,(H2,22,23,24). The number of hydrogen-bond donors (Lipinski definition) is 4. The smallest absolute Gasteiger partial charge is 0.191 e. The van der Waals surface area contributed by atoms with Crippen LogP contribution in [0.1, 0.15) is 30.1 Å². The van der Waals surface area contributed by atoms with Crippen LogP contribution in [0.25, 0.3) is 0 Å². The predicted molar refractivity (Wildman–Crippen MR) is 108 cm³/mol. The summed E-state index contributed by atoms with van der Waals surface area (Å²) in [6.45, 7) is 3.48. The third-order valence-corrected chi connectivity index (χ3v) is 4.25. The summed E-state index contributed by atoms with van der Waals surface area (Å²) in [5.41, 5.74) is 1.83. The first kappa shape index (κ1) is 20.7. The average molecular weight is 371 g/mol. The number of rotatable bonds is 9. The fourth-order valence-corrected chi connectivity index (χ4v) is 2.70. The number of ether oxygens (including phenoxy) is 1. The molecule has 0 aliphatic carbocycles. The molecule has 2 aromatic carbocycles. The van der Waals surface area contributed by atoms with Crippen molar-refractivity contribution in [1.29, 1.82) is 0 Å². The fraction of sp³-hybridized carbons (Fsp3) is 0.381. The zero-order valence-corrected chi connectivity index (χ0v) is 15.9. The number of aliphatic hydroxyl groups is 2. The van der Waals surface area contributed by atoms with E-state index in [4.69, 9.17) is 4.74 Å². The van der Waals surface area contributed by atoms with Gasteiger partial charge in [-0.05, 0) is 30.2 Å². The van der Waals surface area contributed by atoms with Crippen LogP contribution in [0.4, 0.5) is 0 Å². The van der Waals surface area contributed by atoms with Crippen molar-refractivity contribution in [3.05, 3.63) is 65.7 Å². The fourth-order valence-electron chi connectivity index (χ4n) is 2.70. The third-order valence-electron chi connectivity index (χ3n) is 4.25. The number of benzene rings is 2. The Labute approximate surface area is 160 Å². The number of aliphatic imine (C=N–C) groups is 1. The molecular formula is C21H29N3O3. The minimum Gasteiger partial charge on any atom is -0.497 e. The summed E-state index contributed by atoms with van der Waals surface area (Å²) >= 11 is 0. The van der Waals surface area contributed by atoms with Crippen LogP contribution >= 0.6 is 0 Å². The van der Waals surface area contributed by atoms with E-state index in [0.29, 0.717) is 31.3 Å². The van der Waals surface area contributed by atoms with Crippen LogP contribution < -0.4 is 15.4 Å². The molecule has 0 saturated heterocycles. The Morgan fingerprint density at radius 1 is 1.07 bits per heavy atom. The average Bonchev–Trinajstić information content (AvgIpc) is 2.72. The van der Waals surface area contributed by atoms with E-state index in [2.05, 4.69) is 15.6 Å². The van der Waals surface area contributed by atoms with Gasteiger partial charge in [0.15, 0.2) is 5.96 Å². The number of nitrogens with zero attached hydrogens (tertiary/aromatic N) is 1. The zero-order chi connectivity index (χ0) is 19.5. The van der Waals surface area contributed by atoms with Crippen molar-refractivity contribution in [2.45, 2.75) is 18.9 Å². The summed E-state index contributed by atoms with van der Waals surface area (Å²) in [5.74, 6) is 1.25. The van der Waals surface area contributed by atoms with Crippen LogP contribution in [-0.4, -0.2) is 49.5 Å². The van der Waals surface area contributed by atoms with Crippen LogP contribution in [0.15, 0.2) is 59.6 Å². The van der Waals surface area contributed by atoms with Gasteiger partial charge in [-0.15, -0.1) is 0 Å². The predicted octanol–water partition coefficient (Wildman–Crippen LogP) is 2.06. The molecule has 0 saturated carbocycles. The van der Waals surface area contributed by atoms with Crippen molar-refractivity contribution in [3.63, 3.8) is 0 Å². The van der Waals surface area contributed by atoms with Crippen LogP contribution in [0.2, 0.25) is 0 Å². The van der Waals surface area contributed by atoms with Crippen LogP contribution in [0.5, 0.6) is 5.75 Å². The molecule has 0 fully saturated rings. The lowest BCUT2D eigenvalue weighted by atomic mass is 10.0. The second-order valence-corrected chi connectivity index (χ2v) is 6.18. The molecule has 0 spiro atoms. The molecule has 2 aromatic rings. The van der Waals surface area contributed by atoms with E-state index in [1.54, 1.807) is 7.11 Å². The van der Waals surface area contributed by atoms with Gasteiger partial charge in [-0.25, -0.2) is 0 Å². The Morgan fingerprint density at radius 2 is 1.81 bits per heavy atom. The molecular weight excluding hydrogens is 342 g/mol. The van der Waals surface area contributed by atoms with Crippen molar-refractivity contribution in [1.82, 2.24) is 10.6 Å². The third kappa shape index (κ3) is 6.58. The molecule has 0 bridgehead atoms. The van der Waals surface area contributed by atoms with Gasteiger partial charge in [0.2, 0.25) is 0 Å². The molecule has 2 atom stereocenters. The maximum atomic E-state index is 10.4. The number of hydrogen-bond acceptors (Lipinski definition) is 4. The first-order valence-electron chi connectivity index (χ1n) is 9.17. The number of nitrogens with one attached hydrogen (secondary N) is 2. The number of aliphatic hydroxyl groups excluding tert-OH is 2.